The van der Waals surface area contributed by atoms with Crippen LogP contribution in [-0.4, -0.2) is 46.5 Å². The molecular weight excluding hydrogens is 408 g/mol. The van der Waals surface area contributed by atoms with E-state index in [1.807, 2.05) is 87.2 Å². The lowest BCUT2D eigenvalue weighted by atomic mass is 9.83. The number of hydrogen-bond donors (Lipinski definition) is 0. The van der Waals surface area contributed by atoms with Gasteiger partial charge in [0.05, 0.1) is 0 Å². The summed E-state index contributed by atoms with van der Waals surface area (Å²) >= 11 is 11.1. The van der Waals surface area contributed by atoms with Gasteiger partial charge in [-0.15, -0.1) is 0 Å². The van der Waals surface area contributed by atoms with E-state index in [-0.39, 0.29) is 0 Å². The Labute approximate surface area is 190 Å². The van der Waals surface area contributed by atoms with Crippen LogP contribution in [0.1, 0.15) is 36.8 Å². The summed E-state index contributed by atoms with van der Waals surface area (Å²) in [5.74, 6) is 0.866. The Morgan fingerprint density at radius 1 is 0.767 bits per heavy atom. The first-order valence-electron chi connectivity index (χ1n) is 10.3. The van der Waals surface area contributed by atoms with Gasteiger partial charge in [-0.25, -0.2) is 0 Å². The van der Waals surface area contributed by atoms with Crippen molar-refractivity contribution in [1.82, 2.24) is 10.0 Å². The fourth-order valence-corrected chi connectivity index (χ4v) is 3.93. The SMILES string of the molecule is CN(/N=C/C1CCCC(/C=N/N(C)C(=S)c2ccccc2)C1)C(=S)c1ccccc1. The topological polar surface area (TPSA) is 31.2 Å². The van der Waals surface area contributed by atoms with E-state index < -0.39 is 0 Å². The van der Waals surface area contributed by atoms with Crippen LogP contribution in [0.15, 0.2) is 70.9 Å². The zero-order chi connectivity index (χ0) is 21.3. The molecule has 0 radical (unpaired) electrons. The second-order valence-electron chi connectivity index (χ2n) is 7.61. The van der Waals surface area contributed by atoms with Crippen molar-refractivity contribution in [1.29, 1.82) is 0 Å². The van der Waals surface area contributed by atoms with Crippen LogP contribution < -0.4 is 0 Å². The van der Waals surface area contributed by atoms with Crippen molar-refractivity contribution in [2.45, 2.75) is 25.7 Å². The minimum Gasteiger partial charge on any atom is -0.257 e. The van der Waals surface area contributed by atoms with Crippen molar-refractivity contribution >= 4 is 46.8 Å². The van der Waals surface area contributed by atoms with Crippen molar-refractivity contribution < 1.29 is 0 Å². The maximum Gasteiger partial charge on any atom is 0.129 e. The second-order valence-corrected chi connectivity index (χ2v) is 8.38. The van der Waals surface area contributed by atoms with Gasteiger partial charge in [0.1, 0.15) is 9.98 Å². The molecule has 0 amide bonds. The Morgan fingerprint density at radius 3 is 1.57 bits per heavy atom. The molecule has 2 aromatic carbocycles. The third-order valence-corrected chi connectivity index (χ3v) is 6.29. The molecule has 1 aliphatic carbocycles. The Hall–Kier alpha value is -2.44. The normalized spacial score (nSPS) is 19.1. The third-order valence-electron chi connectivity index (χ3n) is 5.29. The van der Waals surface area contributed by atoms with Crippen LogP contribution in [0.2, 0.25) is 0 Å². The molecule has 2 unspecified atom stereocenters. The van der Waals surface area contributed by atoms with E-state index in [1.54, 1.807) is 10.0 Å². The zero-order valence-electron chi connectivity index (χ0n) is 17.5. The molecule has 1 fully saturated rings. The van der Waals surface area contributed by atoms with Crippen molar-refractivity contribution in [2.24, 2.45) is 22.0 Å². The maximum atomic E-state index is 5.54. The fraction of sp³-hybridized carbons (Fsp3) is 0.333. The van der Waals surface area contributed by atoms with Crippen LogP contribution in [0.5, 0.6) is 0 Å². The molecule has 0 spiro atoms. The van der Waals surface area contributed by atoms with E-state index in [1.165, 1.54) is 6.42 Å². The van der Waals surface area contributed by atoms with Crippen LogP contribution in [0.25, 0.3) is 0 Å². The summed E-state index contributed by atoms with van der Waals surface area (Å²) in [6.45, 7) is 0. The molecule has 156 valence electrons. The standard InChI is InChI=1S/C24H28N4S2/c1-27(23(29)21-12-5-3-6-13-21)25-17-19-10-9-11-20(16-19)18-26-28(2)24(30)22-14-7-4-8-15-22/h3-8,12-15,17-20H,9-11,16H2,1-2H3/b25-17+,26-18+. The molecule has 0 bridgehead atoms. The van der Waals surface area contributed by atoms with E-state index in [0.717, 1.165) is 40.4 Å². The number of nitrogens with zero attached hydrogens (tertiary/aromatic N) is 4. The molecule has 0 aliphatic heterocycles. The van der Waals surface area contributed by atoms with E-state index in [4.69, 9.17) is 24.4 Å². The molecule has 30 heavy (non-hydrogen) atoms. The molecule has 6 heteroatoms. The Balaban J connectivity index is 1.53. The largest absolute Gasteiger partial charge is 0.257 e. The maximum absolute atomic E-state index is 5.54. The molecule has 4 nitrogen and oxygen atoms in total. The van der Waals surface area contributed by atoms with Crippen molar-refractivity contribution in [3.05, 3.63) is 71.8 Å². The second kappa shape index (κ2) is 11.1. The van der Waals surface area contributed by atoms with E-state index >= 15 is 0 Å². The first-order chi connectivity index (χ1) is 14.5. The predicted molar refractivity (Wildman–Crippen MR) is 134 cm³/mol. The van der Waals surface area contributed by atoms with Gasteiger partial charge in [-0.2, -0.15) is 10.2 Å². The van der Waals surface area contributed by atoms with Gasteiger partial charge in [-0.05, 0) is 31.1 Å². The van der Waals surface area contributed by atoms with Crippen LogP contribution >= 0.6 is 24.4 Å². The molecule has 0 heterocycles. The monoisotopic (exact) mass is 436 g/mol. The summed E-state index contributed by atoms with van der Waals surface area (Å²) in [6.07, 6.45) is 8.62. The highest BCUT2D eigenvalue weighted by Crippen LogP contribution is 2.27. The third kappa shape index (κ3) is 6.28. The molecule has 1 saturated carbocycles. The van der Waals surface area contributed by atoms with E-state index in [2.05, 4.69) is 10.2 Å². The quantitative estimate of drug-likeness (QED) is 0.346. The highest BCUT2D eigenvalue weighted by Gasteiger charge is 2.20. The molecule has 1 aliphatic rings. The molecule has 3 rings (SSSR count). The number of rotatable bonds is 6. The smallest absolute Gasteiger partial charge is 0.129 e. The lowest BCUT2D eigenvalue weighted by Crippen LogP contribution is -2.24. The minimum absolute atomic E-state index is 0.433. The number of thiocarbonyl (C=S) groups is 2. The van der Waals surface area contributed by atoms with Gasteiger partial charge in [-0.1, -0.05) is 91.5 Å². The Bertz CT molecular complexity index is 822. The number of benzene rings is 2. The summed E-state index contributed by atoms with van der Waals surface area (Å²) in [4.78, 5) is 1.47. The molecule has 0 N–H and O–H groups in total. The lowest BCUT2D eigenvalue weighted by molar-refractivity contribution is 0.386. The zero-order valence-corrected chi connectivity index (χ0v) is 19.1. The van der Waals surface area contributed by atoms with Gasteiger partial charge in [0.2, 0.25) is 0 Å². The molecule has 0 saturated heterocycles. The average Bonchev–Trinajstić information content (AvgIpc) is 2.81. The van der Waals surface area contributed by atoms with Crippen LogP contribution in [0.3, 0.4) is 0 Å². The van der Waals surface area contributed by atoms with Gasteiger partial charge < -0.3 is 0 Å². The Morgan fingerprint density at radius 2 is 1.17 bits per heavy atom. The number of hydrogen-bond acceptors (Lipinski definition) is 4. The van der Waals surface area contributed by atoms with Crippen LogP contribution in [-0.2, 0) is 0 Å². The van der Waals surface area contributed by atoms with Crippen LogP contribution in [0, 0.1) is 11.8 Å². The average molecular weight is 437 g/mol. The number of hydrazone groups is 2. The minimum atomic E-state index is 0.433. The summed E-state index contributed by atoms with van der Waals surface area (Å²) in [5, 5.41) is 12.8. The molecule has 2 atom stereocenters. The first-order valence-corrected chi connectivity index (χ1v) is 11.1. The lowest BCUT2D eigenvalue weighted by Gasteiger charge is -2.25. The molecule has 0 aromatic heterocycles. The fourth-order valence-electron chi connectivity index (χ4n) is 3.57. The van der Waals surface area contributed by atoms with Crippen molar-refractivity contribution in [2.75, 3.05) is 14.1 Å². The van der Waals surface area contributed by atoms with E-state index in [9.17, 15) is 0 Å². The summed E-state index contributed by atoms with van der Waals surface area (Å²) in [6, 6.07) is 20.0. The van der Waals surface area contributed by atoms with Crippen molar-refractivity contribution in [3.8, 4) is 0 Å². The van der Waals surface area contributed by atoms with Gasteiger partial charge >= 0.3 is 0 Å². The van der Waals surface area contributed by atoms with Gasteiger partial charge in [0.15, 0.2) is 0 Å². The van der Waals surface area contributed by atoms with Gasteiger partial charge in [-0.3, -0.25) is 10.0 Å². The molecular formula is C24H28N4S2. The highest BCUT2D eigenvalue weighted by molar-refractivity contribution is 7.80. The molecule has 2 aromatic rings. The van der Waals surface area contributed by atoms with Crippen LogP contribution in [0.4, 0.5) is 0 Å². The Kier molecular flexibility index (Phi) is 8.22. The van der Waals surface area contributed by atoms with Crippen molar-refractivity contribution in [3.63, 3.8) is 0 Å². The van der Waals surface area contributed by atoms with Gasteiger partial charge in [0.25, 0.3) is 0 Å². The first kappa shape index (κ1) is 22.2. The van der Waals surface area contributed by atoms with E-state index in [0.29, 0.717) is 11.8 Å². The summed E-state index contributed by atoms with van der Waals surface area (Å²) in [5.41, 5.74) is 2.02. The highest BCUT2D eigenvalue weighted by atomic mass is 32.1. The summed E-state index contributed by atoms with van der Waals surface area (Å²) < 4.78 is 0. The predicted octanol–water partition coefficient (Wildman–Crippen LogP) is 5.38. The summed E-state index contributed by atoms with van der Waals surface area (Å²) in [7, 11) is 3.82. The van der Waals surface area contributed by atoms with Gasteiger partial charge in [0, 0.05) is 37.7 Å².